The molecule has 2 nitrogen and oxygen atoms in total. The van der Waals surface area contributed by atoms with E-state index in [1.54, 1.807) is 11.9 Å². The molecule has 1 rings (SSSR count). The summed E-state index contributed by atoms with van der Waals surface area (Å²) in [5, 5.41) is 3.22. The third-order valence-electron chi connectivity index (χ3n) is 2.29. The Balaban J connectivity index is 2.08. The van der Waals surface area contributed by atoms with Crippen LogP contribution < -0.4 is 5.32 Å². The number of nitrogens with one attached hydrogen (secondary N) is 1. The lowest BCUT2D eigenvalue weighted by Gasteiger charge is -2.16. The molecule has 0 aliphatic heterocycles. The van der Waals surface area contributed by atoms with E-state index >= 15 is 0 Å². The van der Waals surface area contributed by atoms with Crippen LogP contribution in [0.3, 0.4) is 0 Å². The Morgan fingerprint density at radius 2 is 1.94 bits per heavy atom. The second-order valence-corrected chi connectivity index (χ2v) is 3.82. The fourth-order valence-electron chi connectivity index (χ4n) is 1.43. The topological polar surface area (TPSA) is 15.3 Å². The van der Waals surface area contributed by atoms with Crippen molar-refractivity contribution in [3.8, 4) is 0 Å². The molecule has 0 aromatic heterocycles. The summed E-state index contributed by atoms with van der Waals surface area (Å²) in [6, 6.07) is 10.0. The Labute approximate surface area is 95.3 Å². The Kier molecular flexibility index (Phi) is 5.96. The van der Waals surface area contributed by atoms with Gasteiger partial charge in [-0.3, -0.25) is 4.90 Å². The van der Waals surface area contributed by atoms with E-state index in [0.717, 1.165) is 13.1 Å². The maximum atomic E-state index is 12.0. The standard InChI is InChI=1S/C12H18F2N2/c1-16(10-12(13)14)8-7-15-9-11-5-3-2-4-6-11/h2-6,12,15H,7-10H2,1H3. The molecule has 1 aromatic rings. The van der Waals surface area contributed by atoms with Gasteiger partial charge in [0, 0.05) is 19.6 Å². The molecular formula is C12H18F2N2. The molecule has 0 aliphatic carbocycles. The van der Waals surface area contributed by atoms with Crippen LogP contribution >= 0.6 is 0 Å². The number of hydrogen-bond donors (Lipinski definition) is 1. The van der Waals surface area contributed by atoms with Gasteiger partial charge in [-0.05, 0) is 12.6 Å². The van der Waals surface area contributed by atoms with E-state index in [2.05, 4.69) is 5.32 Å². The highest BCUT2D eigenvalue weighted by Gasteiger charge is 2.06. The largest absolute Gasteiger partial charge is 0.311 e. The number of likely N-dealkylation sites (N-methyl/N-ethyl adjacent to an activating group) is 1. The van der Waals surface area contributed by atoms with Crippen molar-refractivity contribution in [2.75, 3.05) is 26.7 Å². The van der Waals surface area contributed by atoms with Crippen molar-refractivity contribution >= 4 is 0 Å². The van der Waals surface area contributed by atoms with Crippen LogP contribution in [-0.2, 0) is 6.54 Å². The molecule has 0 saturated carbocycles. The van der Waals surface area contributed by atoms with Gasteiger partial charge in [0.05, 0.1) is 6.54 Å². The number of rotatable bonds is 7. The van der Waals surface area contributed by atoms with Crippen molar-refractivity contribution in [1.29, 1.82) is 0 Å². The molecule has 0 bridgehead atoms. The minimum atomic E-state index is -2.25. The SMILES string of the molecule is CN(CCNCc1ccccc1)CC(F)F. The molecule has 0 saturated heterocycles. The number of halogens is 2. The van der Waals surface area contributed by atoms with Crippen LogP contribution in [0.5, 0.6) is 0 Å². The number of benzene rings is 1. The Hall–Kier alpha value is -1.00. The number of hydrogen-bond acceptors (Lipinski definition) is 2. The molecule has 16 heavy (non-hydrogen) atoms. The highest BCUT2D eigenvalue weighted by atomic mass is 19.3. The zero-order chi connectivity index (χ0) is 11.8. The third kappa shape index (κ3) is 5.78. The van der Waals surface area contributed by atoms with E-state index < -0.39 is 6.43 Å². The molecule has 4 heteroatoms. The van der Waals surface area contributed by atoms with E-state index in [1.807, 2.05) is 30.3 Å². The lowest BCUT2D eigenvalue weighted by Crippen LogP contribution is -2.32. The monoisotopic (exact) mass is 228 g/mol. The van der Waals surface area contributed by atoms with E-state index in [9.17, 15) is 8.78 Å². The molecule has 0 unspecified atom stereocenters. The zero-order valence-corrected chi connectivity index (χ0v) is 9.50. The summed E-state index contributed by atoms with van der Waals surface area (Å²) < 4.78 is 24.0. The van der Waals surface area contributed by atoms with Gasteiger partial charge in [-0.1, -0.05) is 30.3 Å². The molecule has 0 aliphatic rings. The number of alkyl halides is 2. The second kappa shape index (κ2) is 7.30. The minimum absolute atomic E-state index is 0.160. The first-order valence-corrected chi connectivity index (χ1v) is 5.40. The zero-order valence-electron chi connectivity index (χ0n) is 9.50. The summed E-state index contributed by atoms with van der Waals surface area (Å²) in [5.41, 5.74) is 1.21. The molecule has 0 heterocycles. The van der Waals surface area contributed by atoms with Crippen molar-refractivity contribution in [2.45, 2.75) is 13.0 Å². The van der Waals surface area contributed by atoms with Crippen molar-refractivity contribution in [3.63, 3.8) is 0 Å². The fraction of sp³-hybridized carbons (Fsp3) is 0.500. The average Bonchev–Trinajstić information content (AvgIpc) is 2.25. The van der Waals surface area contributed by atoms with Gasteiger partial charge in [-0.15, -0.1) is 0 Å². The lowest BCUT2D eigenvalue weighted by molar-refractivity contribution is 0.101. The Morgan fingerprint density at radius 3 is 2.56 bits per heavy atom. The molecule has 0 spiro atoms. The molecule has 0 atom stereocenters. The second-order valence-electron chi connectivity index (χ2n) is 3.82. The van der Waals surface area contributed by atoms with Gasteiger partial charge in [0.2, 0.25) is 0 Å². The van der Waals surface area contributed by atoms with Crippen molar-refractivity contribution in [3.05, 3.63) is 35.9 Å². The first-order valence-electron chi connectivity index (χ1n) is 5.40. The van der Waals surface area contributed by atoms with E-state index in [-0.39, 0.29) is 6.54 Å². The smallest absolute Gasteiger partial charge is 0.251 e. The maximum absolute atomic E-state index is 12.0. The quantitative estimate of drug-likeness (QED) is 0.718. The van der Waals surface area contributed by atoms with Crippen molar-refractivity contribution in [1.82, 2.24) is 10.2 Å². The average molecular weight is 228 g/mol. The van der Waals surface area contributed by atoms with Crippen LogP contribution in [0.4, 0.5) is 8.78 Å². The number of nitrogens with zero attached hydrogens (tertiary/aromatic N) is 1. The molecule has 1 N–H and O–H groups in total. The van der Waals surface area contributed by atoms with E-state index in [1.165, 1.54) is 5.56 Å². The predicted molar refractivity (Wildman–Crippen MR) is 61.6 cm³/mol. The minimum Gasteiger partial charge on any atom is -0.311 e. The molecule has 1 aromatic carbocycles. The van der Waals surface area contributed by atoms with Gasteiger partial charge in [-0.2, -0.15) is 0 Å². The van der Waals surface area contributed by atoms with Crippen molar-refractivity contribution in [2.24, 2.45) is 0 Å². The lowest BCUT2D eigenvalue weighted by atomic mass is 10.2. The van der Waals surface area contributed by atoms with Crippen LogP contribution in [0.1, 0.15) is 5.56 Å². The normalized spacial score (nSPS) is 11.3. The molecule has 0 amide bonds. The van der Waals surface area contributed by atoms with Gasteiger partial charge in [-0.25, -0.2) is 8.78 Å². The Bertz CT molecular complexity index is 278. The Morgan fingerprint density at radius 1 is 1.25 bits per heavy atom. The molecule has 0 radical (unpaired) electrons. The third-order valence-corrected chi connectivity index (χ3v) is 2.29. The summed E-state index contributed by atoms with van der Waals surface area (Å²) >= 11 is 0. The first-order chi connectivity index (χ1) is 7.68. The van der Waals surface area contributed by atoms with Gasteiger partial charge in [0.15, 0.2) is 0 Å². The summed E-state index contributed by atoms with van der Waals surface area (Å²) in [6.07, 6.45) is -2.25. The van der Waals surface area contributed by atoms with Gasteiger partial charge in [0.1, 0.15) is 0 Å². The molecule has 0 fully saturated rings. The van der Waals surface area contributed by atoms with Crippen molar-refractivity contribution < 1.29 is 8.78 Å². The van der Waals surface area contributed by atoms with Crippen LogP contribution in [0.15, 0.2) is 30.3 Å². The summed E-state index contributed by atoms with van der Waals surface area (Å²) in [5.74, 6) is 0. The van der Waals surface area contributed by atoms with Gasteiger partial charge in [0.25, 0.3) is 6.43 Å². The van der Waals surface area contributed by atoms with E-state index in [4.69, 9.17) is 0 Å². The predicted octanol–water partition coefficient (Wildman–Crippen LogP) is 1.97. The first kappa shape index (κ1) is 13.1. The van der Waals surface area contributed by atoms with Crippen LogP contribution in [0.2, 0.25) is 0 Å². The molecular weight excluding hydrogens is 210 g/mol. The maximum Gasteiger partial charge on any atom is 0.251 e. The van der Waals surface area contributed by atoms with E-state index in [0.29, 0.717) is 6.54 Å². The summed E-state index contributed by atoms with van der Waals surface area (Å²) in [6.45, 7) is 1.98. The highest BCUT2D eigenvalue weighted by molar-refractivity contribution is 5.14. The van der Waals surface area contributed by atoms with Crippen LogP contribution in [0, 0.1) is 0 Å². The van der Waals surface area contributed by atoms with Gasteiger partial charge < -0.3 is 5.32 Å². The summed E-state index contributed by atoms with van der Waals surface area (Å²) in [7, 11) is 1.70. The van der Waals surface area contributed by atoms with Crippen LogP contribution in [-0.4, -0.2) is 38.0 Å². The van der Waals surface area contributed by atoms with Crippen LogP contribution in [0.25, 0.3) is 0 Å². The van der Waals surface area contributed by atoms with Gasteiger partial charge >= 0.3 is 0 Å². The highest BCUT2D eigenvalue weighted by Crippen LogP contribution is 1.97. The summed E-state index contributed by atoms with van der Waals surface area (Å²) in [4.78, 5) is 1.63. The fourth-order valence-corrected chi connectivity index (χ4v) is 1.43. The molecule has 90 valence electrons.